The van der Waals surface area contributed by atoms with Crippen LogP contribution in [0.25, 0.3) is 0 Å². The predicted molar refractivity (Wildman–Crippen MR) is 80.8 cm³/mol. The van der Waals surface area contributed by atoms with Crippen molar-refractivity contribution >= 4 is 18.3 Å². The zero-order valence-electron chi connectivity index (χ0n) is 12.6. The van der Waals surface area contributed by atoms with Gasteiger partial charge >= 0.3 is 0 Å². The van der Waals surface area contributed by atoms with Gasteiger partial charge in [-0.15, -0.1) is 12.4 Å². The molecule has 2 atom stereocenters. The van der Waals surface area contributed by atoms with Gasteiger partial charge in [-0.1, -0.05) is 13.8 Å². The molecule has 0 aromatic rings. The fourth-order valence-electron chi connectivity index (χ4n) is 2.36. The number of ether oxygens (including phenoxy) is 1. The van der Waals surface area contributed by atoms with E-state index in [2.05, 4.69) is 19.2 Å². The Bertz CT molecular complexity index is 262. The molecule has 1 N–H and O–H groups in total. The van der Waals surface area contributed by atoms with Crippen LogP contribution < -0.4 is 5.32 Å². The third-order valence-corrected chi connectivity index (χ3v) is 3.51. The number of nitrogens with zero attached hydrogens (tertiary/aromatic N) is 1. The fourth-order valence-corrected chi connectivity index (χ4v) is 2.36. The summed E-state index contributed by atoms with van der Waals surface area (Å²) in [5.41, 5.74) is 0. The first-order valence-corrected chi connectivity index (χ1v) is 7.13. The van der Waals surface area contributed by atoms with Crippen LogP contribution in [0.1, 0.15) is 40.0 Å². The molecule has 1 rings (SSSR count). The van der Waals surface area contributed by atoms with Crippen molar-refractivity contribution in [3.05, 3.63) is 0 Å². The normalized spacial score (nSPS) is 20.5. The van der Waals surface area contributed by atoms with Gasteiger partial charge in [0.05, 0.1) is 0 Å². The quantitative estimate of drug-likeness (QED) is 0.781. The summed E-state index contributed by atoms with van der Waals surface area (Å²) in [4.78, 5) is 14.3. The average molecular weight is 293 g/mol. The first kappa shape index (κ1) is 18.7. The van der Waals surface area contributed by atoms with Gasteiger partial charge in [0, 0.05) is 25.7 Å². The second-order valence-electron chi connectivity index (χ2n) is 5.58. The number of likely N-dealkylation sites (N-methyl/N-ethyl adjacent to an activating group) is 1. The first-order valence-electron chi connectivity index (χ1n) is 7.13. The lowest BCUT2D eigenvalue weighted by atomic mass is 10.1. The number of likely N-dealkylation sites (tertiary alicyclic amines) is 1. The van der Waals surface area contributed by atoms with Gasteiger partial charge in [-0.3, -0.25) is 4.79 Å². The van der Waals surface area contributed by atoms with Gasteiger partial charge in [0.2, 0.25) is 0 Å². The van der Waals surface area contributed by atoms with Gasteiger partial charge in [0.1, 0.15) is 6.10 Å². The van der Waals surface area contributed by atoms with Crippen molar-refractivity contribution in [1.82, 2.24) is 10.2 Å². The Morgan fingerprint density at radius 3 is 2.68 bits per heavy atom. The summed E-state index contributed by atoms with van der Waals surface area (Å²) in [6.45, 7) is 8.64. The van der Waals surface area contributed by atoms with Crippen LogP contribution in [-0.4, -0.2) is 49.7 Å². The van der Waals surface area contributed by atoms with Crippen molar-refractivity contribution in [2.75, 3.05) is 26.7 Å². The van der Waals surface area contributed by atoms with Crippen LogP contribution in [0.4, 0.5) is 0 Å². The molecule has 114 valence electrons. The van der Waals surface area contributed by atoms with Crippen LogP contribution in [0, 0.1) is 5.92 Å². The third kappa shape index (κ3) is 6.11. The number of hydrogen-bond donors (Lipinski definition) is 1. The highest BCUT2D eigenvalue weighted by Crippen LogP contribution is 2.18. The zero-order chi connectivity index (χ0) is 13.5. The van der Waals surface area contributed by atoms with E-state index in [1.54, 1.807) is 0 Å². The molecule has 0 aromatic heterocycles. The molecule has 0 spiro atoms. The highest BCUT2D eigenvalue weighted by molar-refractivity contribution is 5.85. The monoisotopic (exact) mass is 292 g/mol. The number of nitrogens with one attached hydrogen (secondary N) is 1. The van der Waals surface area contributed by atoms with E-state index in [0.29, 0.717) is 18.6 Å². The number of hydrogen-bond acceptors (Lipinski definition) is 3. The molecular formula is C14H29ClN2O2. The lowest BCUT2D eigenvalue weighted by molar-refractivity contribution is -0.143. The van der Waals surface area contributed by atoms with E-state index in [0.717, 1.165) is 32.4 Å². The van der Waals surface area contributed by atoms with Gasteiger partial charge in [-0.2, -0.15) is 0 Å². The summed E-state index contributed by atoms with van der Waals surface area (Å²) in [6, 6.07) is 0.346. The molecule has 4 nitrogen and oxygen atoms in total. The molecule has 0 aromatic carbocycles. The van der Waals surface area contributed by atoms with Crippen molar-refractivity contribution in [2.24, 2.45) is 5.92 Å². The highest BCUT2D eigenvalue weighted by Gasteiger charge is 2.31. The summed E-state index contributed by atoms with van der Waals surface area (Å²) >= 11 is 0. The Hall–Kier alpha value is -0.320. The SMILES string of the molecule is CNCC1CCCN1C(=O)C(C)OCCC(C)C.Cl. The molecule has 1 aliphatic rings. The van der Waals surface area contributed by atoms with Crippen molar-refractivity contribution in [1.29, 1.82) is 0 Å². The largest absolute Gasteiger partial charge is 0.369 e. The molecule has 0 bridgehead atoms. The minimum absolute atomic E-state index is 0. The van der Waals surface area contributed by atoms with Gasteiger partial charge in [-0.05, 0) is 39.2 Å². The summed E-state index contributed by atoms with van der Waals surface area (Å²) in [7, 11) is 1.93. The molecule has 5 heteroatoms. The molecule has 1 aliphatic heterocycles. The van der Waals surface area contributed by atoms with Crippen molar-refractivity contribution in [3.8, 4) is 0 Å². The minimum atomic E-state index is -0.304. The van der Waals surface area contributed by atoms with Gasteiger partial charge in [0.25, 0.3) is 5.91 Å². The number of halogens is 1. The molecule has 1 amide bonds. The minimum Gasteiger partial charge on any atom is -0.369 e. The molecule has 2 unspecified atom stereocenters. The predicted octanol–water partition coefficient (Wildman–Crippen LogP) is 2.07. The smallest absolute Gasteiger partial charge is 0.251 e. The van der Waals surface area contributed by atoms with E-state index in [-0.39, 0.29) is 24.4 Å². The van der Waals surface area contributed by atoms with Crippen LogP contribution in [0.2, 0.25) is 0 Å². The number of amides is 1. The fraction of sp³-hybridized carbons (Fsp3) is 0.929. The number of carbonyl (C=O) groups is 1. The molecule has 1 heterocycles. The Morgan fingerprint density at radius 2 is 2.11 bits per heavy atom. The average Bonchev–Trinajstić information content (AvgIpc) is 2.76. The van der Waals surface area contributed by atoms with Gasteiger partial charge in [-0.25, -0.2) is 0 Å². The highest BCUT2D eigenvalue weighted by atomic mass is 35.5. The molecule has 1 saturated heterocycles. The van der Waals surface area contributed by atoms with Crippen LogP contribution in [0.15, 0.2) is 0 Å². The zero-order valence-corrected chi connectivity index (χ0v) is 13.5. The molecular weight excluding hydrogens is 264 g/mol. The maximum Gasteiger partial charge on any atom is 0.251 e. The van der Waals surface area contributed by atoms with Crippen LogP contribution >= 0.6 is 12.4 Å². The van der Waals surface area contributed by atoms with E-state index in [4.69, 9.17) is 4.74 Å². The maximum absolute atomic E-state index is 12.3. The van der Waals surface area contributed by atoms with E-state index in [1.165, 1.54) is 0 Å². The summed E-state index contributed by atoms with van der Waals surface area (Å²) in [5, 5.41) is 3.16. The van der Waals surface area contributed by atoms with Crippen LogP contribution in [0.3, 0.4) is 0 Å². The molecule has 19 heavy (non-hydrogen) atoms. The summed E-state index contributed by atoms with van der Waals surface area (Å²) in [6.07, 6.45) is 2.92. The third-order valence-electron chi connectivity index (χ3n) is 3.51. The van der Waals surface area contributed by atoms with E-state index in [9.17, 15) is 4.79 Å². The maximum atomic E-state index is 12.3. The van der Waals surface area contributed by atoms with E-state index in [1.807, 2.05) is 18.9 Å². The summed E-state index contributed by atoms with van der Waals surface area (Å²) < 4.78 is 5.64. The Kier molecular flexibility index (Phi) is 9.40. The van der Waals surface area contributed by atoms with Crippen LogP contribution in [-0.2, 0) is 9.53 Å². The second-order valence-corrected chi connectivity index (χ2v) is 5.58. The van der Waals surface area contributed by atoms with Crippen LogP contribution in [0.5, 0.6) is 0 Å². The topological polar surface area (TPSA) is 41.6 Å². The van der Waals surface area contributed by atoms with Gasteiger partial charge < -0.3 is 15.0 Å². The summed E-state index contributed by atoms with van der Waals surface area (Å²) in [5.74, 6) is 0.771. The molecule has 0 aliphatic carbocycles. The van der Waals surface area contributed by atoms with Crippen molar-refractivity contribution < 1.29 is 9.53 Å². The lowest BCUT2D eigenvalue weighted by Crippen LogP contribution is -2.45. The Labute approximate surface area is 123 Å². The van der Waals surface area contributed by atoms with Crippen molar-refractivity contribution in [2.45, 2.75) is 52.2 Å². The van der Waals surface area contributed by atoms with E-state index < -0.39 is 0 Å². The standard InChI is InChI=1S/C14H28N2O2.ClH/c1-11(2)7-9-18-12(3)14(17)16-8-5-6-13(16)10-15-4;/h11-13,15H,5-10H2,1-4H3;1H. The Balaban J connectivity index is 0.00000324. The number of rotatable bonds is 7. The van der Waals surface area contributed by atoms with Gasteiger partial charge in [0.15, 0.2) is 0 Å². The molecule has 0 radical (unpaired) electrons. The molecule has 0 saturated carbocycles. The van der Waals surface area contributed by atoms with Crippen molar-refractivity contribution in [3.63, 3.8) is 0 Å². The number of carbonyl (C=O) groups excluding carboxylic acids is 1. The second kappa shape index (κ2) is 9.56. The Morgan fingerprint density at radius 1 is 1.42 bits per heavy atom. The van der Waals surface area contributed by atoms with E-state index >= 15 is 0 Å². The molecule has 1 fully saturated rings. The first-order chi connectivity index (χ1) is 8.56. The lowest BCUT2D eigenvalue weighted by Gasteiger charge is -2.27.